The summed E-state index contributed by atoms with van der Waals surface area (Å²) in [6.45, 7) is 8.40. The second kappa shape index (κ2) is 8.66. The number of carboxylic acid groups (broad SMARTS) is 1. The van der Waals surface area contributed by atoms with E-state index in [0.717, 1.165) is 25.7 Å². The van der Waals surface area contributed by atoms with Crippen molar-refractivity contribution in [2.75, 3.05) is 0 Å². The largest absolute Gasteiger partial charge is 0.481 e. The van der Waals surface area contributed by atoms with E-state index in [-0.39, 0.29) is 11.8 Å². The van der Waals surface area contributed by atoms with Crippen molar-refractivity contribution in [3.63, 3.8) is 0 Å². The summed E-state index contributed by atoms with van der Waals surface area (Å²) in [5.74, 6) is -0.705. The van der Waals surface area contributed by atoms with Crippen LogP contribution in [0.2, 0.25) is 0 Å². The van der Waals surface area contributed by atoms with E-state index >= 15 is 0 Å². The van der Waals surface area contributed by atoms with Gasteiger partial charge in [-0.25, -0.2) is 0 Å². The number of rotatable bonds is 9. The lowest BCUT2D eigenvalue weighted by Gasteiger charge is -2.22. The van der Waals surface area contributed by atoms with Crippen LogP contribution in [-0.2, 0) is 24.1 Å². The maximum Gasteiger partial charge on any atom is 0.303 e. The van der Waals surface area contributed by atoms with Gasteiger partial charge >= 0.3 is 5.97 Å². The molecule has 136 valence electrons. The fraction of sp³-hybridized carbons (Fsp3) is 0.500. The zero-order valence-electron chi connectivity index (χ0n) is 15.9. The lowest BCUT2D eigenvalue weighted by Crippen LogP contribution is -2.17. The molecule has 0 radical (unpaired) electrons. The number of carboxylic acids is 1. The molecule has 2 aromatic rings. The summed E-state index contributed by atoms with van der Waals surface area (Å²) in [6, 6.07) is 11.2. The van der Waals surface area contributed by atoms with E-state index in [9.17, 15) is 4.79 Å². The highest BCUT2D eigenvalue weighted by atomic mass is 32.1. The number of benzene rings is 1. The molecule has 0 atom stereocenters. The van der Waals surface area contributed by atoms with Crippen LogP contribution in [-0.4, -0.2) is 11.1 Å². The third kappa shape index (κ3) is 6.66. The smallest absolute Gasteiger partial charge is 0.303 e. The molecule has 3 heteroatoms. The second-order valence-corrected chi connectivity index (χ2v) is 9.21. The molecule has 2 rings (SSSR count). The van der Waals surface area contributed by atoms with Crippen LogP contribution >= 0.6 is 11.3 Å². The molecule has 0 bridgehead atoms. The van der Waals surface area contributed by atoms with Gasteiger partial charge in [0.15, 0.2) is 0 Å². The zero-order valence-corrected chi connectivity index (χ0v) is 16.7. The third-order valence-electron chi connectivity index (χ3n) is 4.78. The number of thiophene rings is 1. The van der Waals surface area contributed by atoms with Crippen molar-refractivity contribution in [3.8, 4) is 0 Å². The number of carbonyl (C=O) groups is 1. The van der Waals surface area contributed by atoms with Gasteiger partial charge in [0.2, 0.25) is 0 Å². The lowest BCUT2D eigenvalue weighted by molar-refractivity contribution is -0.139. The van der Waals surface area contributed by atoms with Crippen molar-refractivity contribution in [1.29, 1.82) is 0 Å². The first kappa shape index (κ1) is 19.7. The van der Waals surface area contributed by atoms with E-state index in [1.165, 1.54) is 32.9 Å². The first-order chi connectivity index (χ1) is 11.7. The normalized spacial score (nSPS) is 11.7. The monoisotopic (exact) mass is 358 g/mol. The highest BCUT2D eigenvalue weighted by Gasteiger charge is 2.22. The summed E-state index contributed by atoms with van der Waals surface area (Å²) in [4.78, 5) is 13.8. The predicted molar refractivity (Wildman–Crippen MR) is 107 cm³/mol. The molecule has 0 aliphatic heterocycles. The SMILES string of the molecule is Cc1ccc(CCCc2cc(CCC(C)(C)CC(=O)O)c(C)s2)cc1. The lowest BCUT2D eigenvalue weighted by atomic mass is 9.83. The average molecular weight is 359 g/mol. The Kier molecular flexibility index (Phi) is 6.83. The van der Waals surface area contributed by atoms with Gasteiger partial charge in [-0.1, -0.05) is 43.7 Å². The van der Waals surface area contributed by atoms with Gasteiger partial charge in [0.25, 0.3) is 0 Å². The van der Waals surface area contributed by atoms with E-state index < -0.39 is 5.97 Å². The van der Waals surface area contributed by atoms with E-state index in [1.54, 1.807) is 0 Å². The summed E-state index contributed by atoms with van der Waals surface area (Å²) in [6.07, 6.45) is 5.54. The summed E-state index contributed by atoms with van der Waals surface area (Å²) < 4.78 is 0. The maximum atomic E-state index is 11.0. The van der Waals surface area contributed by atoms with Gasteiger partial charge in [-0.05, 0) is 68.6 Å². The van der Waals surface area contributed by atoms with Crippen molar-refractivity contribution in [2.24, 2.45) is 5.41 Å². The van der Waals surface area contributed by atoms with Crippen molar-refractivity contribution >= 4 is 17.3 Å². The van der Waals surface area contributed by atoms with Crippen molar-refractivity contribution in [1.82, 2.24) is 0 Å². The Labute approximate surface area is 155 Å². The van der Waals surface area contributed by atoms with Crippen LogP contribution in [0.3, 0.4) is 0 Å². The minimum Gasteiger partial charge on any atom is -0.481 e. The molecule has 1 aromatic carbocycles. The zero-order chi connectivity index (χ0) is 18.4. The molecule has 1 N–H and O–H groups in total. The molecular weight excluding hydrogens is 328 g/mol. The number of hydrogen-bond donors (Lipinski definition) is 1. The summed E-state index contributed by atoms with van der Waals surface area (Å²) in [5, 5.41) is 9.01. The minimum atomic E-state index is -0.705. The standard InChI is InChI=1S/C22H30O2S/c1-16-8-10-18(11-9-16)6-5-7-20-14-19(17(2)25-20)12-13-22(3,4)15-21(23)24/h8-11,14H,5-7,12-13,15H2,1-4H3,(H,23,24). The molecule has 1 heterocycles. The molecule has 0 fully saturated rings. The van der Waals surface area contributed by atoms with Gasteiger partial charge in [0.05, 0.1) is 6.42 Å². The molecular formula is C22H30O2S. The van der Waals surface area contributed by atoms with Crippen LogP contribution in [0.1, 0.15) is 59.6 Å². The number of hydrogen-bond acceptors (Lipinski definition) is 2. The first-order valence-corrected chi connectivity index (χ1v) is 9.92. The summed E-state index contributed by atoms with van der Waals surface area (Å²) >= 11 is 1.90. The van der Waals surface area contributed by atoms with Gasteiger partial charge in [-0.15, -0.1) is 11.3 Å². The van der Waals surface area contributed by atoms with Crippen LogP contribution in [0, 0.1) is 19.3 Å². The Morgan fingerprint density at radius 1 is 1.08 bits per heavy atom. The van der Waals surface area contributed by atoms with Gasteiger partial charge < -0.3 is 5.11 Å². The van der Waals surface area contributed by atoms with Gasteiger partial charge in [-0.2, -0.15) is 0 Å². The quantitative estimate of drug-likeness (QED) is 0.599. The molecule has 25 heavy (non-hydrogen) atoms. The average Bonchev–Trinajstić information content (AvgIpc) is 2.86. The highest BCUT2D eigenvalue weighted by molar-refractivity contribution is 7.12. The van der Waals surface area contributed by atoms with Crippen LogP contribution < -0.4 is 0 Å². The van der Waals surface area contributed by atoms with E-state index in [0.29, 0.717) is 0 Å². The number of aliphatic carboxylic acids is 1. The fourth-order valence-electron chi connectivity index (χ4n) is 3.15. The summed E-state index contributed by atoms with van der Waals surface area (Å²) in [5.41, 5.74) is 3.97. The fourth-order valence-corrected chi connectivity index (χ4v) is 4.28. The Hall–Kier alpha value is -1.61. The van der Waals surface area contributed by atoms with E-state index in [2.05, 4.69) is 44.2 Å². The molecule has 0 aliphatic rings. The second-order valence-electron chi connectivity index (χ2n) is 7.87. The highest BCUT2D eigenvalue weighted by Crippen LogP contribution is 2.30. The van der Waals surface area contributed by atoms with Crippen LogP contribution in [0.4, 0.5) is 0 Å². The maximum absolute atomic E-state index is 11.0. The Balaban J connectivity index is 1.84. The Morgan fingerprint density at radius 2 is 1.76 bits per heavy atom. The van der Waals surface area contributed by atoms with Gasteiger partial charge in [-0.3, -0.25) is 4.79 Å². The topological polar surface area (TPSA) is 37.3 Å². The van der Waals surface area contributed by atoms with Gasteiger partial charge in [0, 0.05) is 9.75 Å². The molecule has 2 nitrogen and oxygen atoms in total. The molecule has 0 unspecified atom stereocenters. The summed E-state index contributed by atoms with van der Waals surface area (Å²) in [7, 11) is 0. The van der Waals surface area contributed by atoms with Crippen LogP contribution in [0.25, 0.3) is 0 Å². The Morgan fingerprint density at radius 3 is 2.40 bits per heavy atom. The molecule has 0 aliphatic carbocycles. The third-order valence-corrected chi connectivity index (χ3v) is 5.93. The van der Waals surface area contributed by atoms with E-state index in [4.69, 9.17) is 5.11 Å². The van der Waals surface area contributed by atoms with Crippen LogP contribution in [0.5, 0.6) is 0 Å². The van der Waals surface area contributed by atoms with Crippen molar-refractivity contribution < 1.29 is 9.90 Å². The molecule has 0 saturated heterocycles. The number of aryl methyl sites for hydroxylation is 5. The molecule has 1 aromatic heterocycles. The molecule has 0 spiro atoms. The molecule has 0 saturated carbocycles. The van der Waals surface area contributed by atoms with E-state index in [1.807, 2.05) is 25.2 Å². The first-order valence-electron chi connectivity index (χ1n) is 9.11. The minimum absolute atomic E-state index is 0.147. The van der Waals surface area contributed by atoms with Gasteiger partial charge in [0.1, 0.15) is 0 Å². The van der Waals surface area contributed by atoms with Crippen LogP contribution in [0.15, 0.2) is 30.3 Å². The Bertz CT molecular complexity index is 695. The van der Waals surface area contributed by atoms with Crippen molar-refractivity contribution in [3.05, 3.63) is 56.8 Å². The molecule has 0 amide bonds. The predicted octanol–water partition coefficient (Wildman–Crippen LogP) is 5.97. The van der Waals surface area contributed by atoms with Crippen molar-refractivity contribution in [2.45, 2.75) is 66.2 Å².